The maximum Gasteiger partial charge on any atom is 0.306 e. The Morgan fingerprint density at radius 2 is 1.71 bits per heavy atom. The number of amides is 1. The Labute approximate surface area is 209 Å². The molecule has 0 bridgehead atoms. The Bertz CT molecular complexity index is 818. The largest absolute Gasteiger partial charge is 0.469 e. The van der Waals surface area contributed by atoms with E-state index in [9.17, 15) is 19.2 Å². The Morgan fingerprint density at radius 1 is 1.00 bits per heavy atom. The van der Waals surface area contributed by atoms with Gasteiger partial charge < -0.3 is 14.8 Å². The number of carbonyl (C=O) groups excluding carboxylic acids is 4. The molecule has 1 rings (SSSR count). The smallest absolute Gasteiger partial charge is 0.306 e. The van der Waals surface area contributed by atoms with Crippen LogP contribution in [0.1, 0.15) is 77.7 Å². The predicted molar refractivity (Wildman–Crippen MR) is 135 cm³/mol. The van der Waals surface area contributed by atoms with Crippen molar-refractivity contribution in [1.29, 1.82) is 0 Å². The fourth-order valence-corrected chi connectivity index (χ4v) is 3.70. The Morgan fingerprint density at radius 3 is 2.34 bits per heavy atom. The van der Waals surface area contributed by atoms with E-state index in [1.54, 1.807) is 6.08 Å². The van der Waals surface area contributed by atoms with Gasteiger partial charge in [-0.25, -0.2) is 0 Å². The van der Waals surface area contributed by atoms with Crippen molar-refractivity contribution in [2.24, 2.45) is 17.8 Å². The molecule has 7 nitrogen and oxygen atoms in total. The molecule has 0 radical (unpaired) electrons. The number of unbranched alkanes of at least 4 members (excludes halogenated alkanes) is 2. The molecule has 0 saturated heterocycles. The van der Waals surface area contributed by atoms with Crippen LogP contribution in [0.15, 0.2) is 42.6 Å². The van der Waals surface area contributed by atoms with Crippen LogP contribution in [0.3, 0.4) is 0 Å². The SMILES string of the molecule is CCCCC[C@H](/C=C/NC(=O)[C@@H](CC(=O)OC)CC(C)C)C(=O)CCC(=O)OCc1ccccc1. The van der Waals surface area contributed by atoms with Gasteiger partial charge in [0, 0.05) is 24.5 Å². The van der Waals surface area contributed by atoms with Crippen LogP contribution >= 0.6 is 0 Å². The minimum absolute atomic E-state index is 0.0122. The van der Waals surface area contributed by atoms with Crippen LogP contribution < -0.4 is 5.32 Å². The van der Waals surface area contributed by atoms with Crippen LogP contribution in [0.4, 0.5) is 0 Å². The van der Waals surface area contributed by atoms with Crippen molar-refractivity contribution in [1.82, 2.24) is 5.32 Å². The van der Waals surface area contributed by atoms with Crippen molar-refractivity contribution >= 4 is 23.6 Å². The van der Waals surface area contributed by atoms with E-state index in [1.165, 1.54) is 13.3 Å². The Hall–Kier alpha value is -2.96. The van der Waals surface area contributed by atoms with E-state index in [4.69, 9.17) is 9.47 Å². The summed E-state index contributed by atoms with van der Waals surface area (Å²) < 4.78 is 9.98. The molecule has 0 aromatic heterocycles. The summed E-state index contributed by atoms with van der Waals surface area (Å²) in [5.41, 5.74) is 0.895. The first kappa shape index (κ1) is 30.1. The summed E-state index contributed by atoms with van der Waals surface area (Å²) in [4.78, 5) is 49.2. The first-order valence-corrected chi connectivity index (χ1v) is 12.5. The van der Waals surface area contributed by atoms with Crippen molar-refractivity contribution in [3.8, 4) is 0 Å². The van der Waals surface area contributed by atoms with Gasteiger partial charge >= 0.3 is 11.9 Å². The molecule has 0 unspecified atom stereocenters. The summed E-state index contributed by atoms with van der Waals surface area (Å²) in [5, 5.41) is 2.73. The third-order valence-electron chi connectivity index (χ3n) is 5.67. The Balaban J connectivity index is 2.65. The number of Topliss-reactive ketones (excluding diaryl/α,β-unsaturated/α-hetero) is 1. The molecule has 0 saturated carbocycles. The lowest BCUT2D eigenvalue weighted by molar-refractivity contribution is -0.146. The van der Waals surface area contributed by atoms with Crippen LogP contribution in [0.25, 0.3) is 0 Å². The molecular formula is C28H41NO6. The van der Waals surface area contributed by atoms with Gasteiger partial charge in [0.1, 0.15) is 12.4 Å². The quantitative estimate of drug-likeness (QED) is 0.242. The zero-order valence-electron chi connectivity index (χ0n) is 21.6. The predicted octanol–water partition coefficient (Wildman–Crippen LogP) is 5.13. The first-order valence-electron chi connectivity index (χ1n) is 12.5. The number of esters is 2. The molecule has 0 spiro atoms. The lowest BCUT2D eigenvalue weighted by atomic mass is 9.93. The highest BCUT2D eigenvalue weighted by atomic mass is 16.5. The molecule has 0 aliphatic carbocycles. The van der Waals surface area contributed by atoms with E-state index in [0.717, 1.165) is 24.8 Å². The molecule has 2 atom stereocenters. The molecule has 1 aromatic carbocycles. The second-order valence-electron chi connectivity index (χ2n) is 9.19. The number of allylic oxidation sites excluding steroid dienone is 1. The number of benzene rings is 1. The second-order valence-corrected chi connectivity index (χ2v) is 9.19. The Kier molecular flexibility index (Phi) is 15.0. The monoisotopic (exact) mass is 487 g/mol. The van der Waals surface area contributed by atoms with Gasteiger partial charge in [-0.3, -0.25) is 19.2 Å². The molecule has 1 N–H and O–H groups in total. The first-order chi connectivity index (χ1) is 16.8. The van der Waals surface area contributed by atoms with Crippen LogP contribution in [-0.4, -0.2) is 30.7 Å². The highest BCUT2D eigenvalue weighted by molar-refractivity contribution is 5.86. The number of nitrogens with one attached hydrogen (secondary N) is 1. The number of methoxy groups -OCH3 is 1. The van der Waals surface area contributed by atoms with Gasteiger partial charge in [0.05, 0.1) is 20.0 Å². The molecule has 1 aromatic rings. The van der Waals surface area contributed by atoms with Gasteiger partial charge in [0.15, 0.2) is 0 Å². The number of ether oxygens (including phenoxy) is 2. The highest BCUT2D eigenvalue weighted by Gasteiger charge is 2.23. The molecule has 194 valence electrons. The summed E-state index contributed by atoms with van der Waals surface area (Å²) in [6, 6.07) is 9.39. The topological polar surface area (TPSA) is 98.8 Å². The summed E-state index contributed by atoms with van der Waals surface area (Å²) >= 11 is 0. The standard InChI is InChI=1S/C28H41NO6/c1-5-6-8-13-23(16-17-29-28(33)24(18-21(2)3)19-27(32)34-4)25(30)14-15-26(31)35-20-22-11-9-7-10-12-22/h7,9-12,16-17,21,23-24H,5-6,8,13-15,18-20H2,1-4H3,(H,29,33)/b17-16+/t23-,24-/m1/s1. The van der Waals surface area contributed by atoms with E-state index < -0.39 is 23.8 Å². The van der Waals surface area contributed by atoms with Crippen molar-refractivity contribution in [2.45, 2.75) is 78.7 Å². The zero-order valence-corrected chi connectivity index (χ0v) is 21.6. The third kappa shape index (κ3) is 13.5. The van der Waals surface area contributed by atoms with Gasteiger partial charge in [-0.1, -0.05) is 76.4 Å². The van der Waals surface area contributed by atoms with Gasteiger partial charge in [-0.2, -0.15) is 0 Å². The molecule has 0 fully saturated rings. The maximum atomic E-state index is 12.8. The average molecular weight is 488 g/mol. The van der Waals surface area contributed by atoms with E-state index in [2.05, 4.69) is 12.2 Å². The second kappa shape index (κ2) is 17.5. The lowest BCUT2D eigenvalue weighted by Crippen LogP contribution is -2.30. The van der Waals surface area contributed by atoms with Gasteiger partial charge in [-0.15, -0.1) is 0 Å². The molecular weight excluding hydrogens is 446 g/mol. The number of hydrogen-bond acceptors (Lipinski definition) is 6. The van der Waals surface area contributed by atoms with Crippen molar-refractivity contribution < 1.29 is 28.7 Å². The molecule has 7 heteroatoms. The summed E-state index contributed by atoms with van der Waals surface area (Å²) in [7, 11) is 1.30. The maximum absolute atomic E-state index is 12.8. The molecule has 35 heavy (non-hydrogen) atoms. The van der Waals surface area contributed by atoms with Gasteiger partial charge in [-0.05, 0) is 24.3 Å². The van der Waals surface area contributed by atoms with Crippen molar-refractivity contribution in [2.75, 3.05) is 7.11 Å². The molecule has 0 heterocycles. The van der Waals surface area contributed by atoms with E-state index in [1.807, 2.05) is 44.2 Å². The average Bonchev–Trinajstić information content (AvgIpc) is 2.84. The molecule has 0 aliphatic heterocycles. The minimum atomic E-state index is -0.499. The third-order valence-corrected chi connectivity index (χ3v) is 5.67. The van der Waals surface area contributed by atoms with Crippen LogP contribution in [0.2, 0.25) is 0 Å². The summed E-state index contributed by atoms with van der Waals surface area (Å²) in [6.07, 6.45) is 7.41. The number of rotatable bonds is 17. The van der Waals surface area contributed by atoms with Crippen molar-refractivity contribution in [3.05, 3.63) is 48.2 Å². The molecule has 1 amide bonds. The molecule has 0 aliphatic rings. The van der Waals surface area contributed by atoms with Crippen molar-refractivity contribution in [3.63, 3.8) is 0 Å². The van der Waals surface area contributed by atoms with Crippen LogP contribution in [0.5, 0.6) is 0 Å². The van der Waals surface area contributed by atoms with Crippen LogP contribution in [-0.2, 0) is 35.3 Å². The zero-order chi connectivity index (χ0) is 26.1. The minimum Gasteiger partial charge on any atom is -0.469 e. The lowest BCUT2D eigenvalue weighted by Gasteiger charge is -2.17. The fourth-order valence-electron chi connectivity index (χ4n) is 3.70. The summed E-state index contributed by atoms with van der Waals surface area (Å²) in [5.74, 6) is -1.83. The number of ketones is 1. The number of carbonyl (C=O) groups is 4. The van der Waals surface area contributed by atoms with E-state index >= 15 is 0 Å². The van der Waals surface area contributed by atoms with E-state index in [0.29, 0.717) is 12.8 Å². The van der Waals surface area contributed by atoms with E-state index in [-0.39, 0.29) is 43.5 Å². The normalized spacial score (nSPS) is 12.8. The number of hydrogen-bond donors (Lipinski definition) is 1. The van der Waals surface area contributed by atoms with Crippen LogP contribution in [0, 0.1) is 17.8 Å². The fraction of sp³-hybridized carbons (Fsp3) is 0.571. The summed E-state index contributed by atoms with van der Waals surface area (Å²) in [6.45, 7) is 6.25. The highest BCUT2D eigenvalue weighted by Crippen LogP contribution is 2.18. The van der Waals surface area contributed by atoms with Gasteiger partial charge in [0.25, 0.3) is 0 Å². The van der Waals surface area contributed by atoms with Gasteiger partial charge in [0.2, 0.25) is 5.91 Å².